The maximum atomic E-state index is 12.1. The van der Waals surface area contributed by atoms with E-state index >= 15 is 0 Å². The number of sulfonamides is 1. The molecule has 0 aliphatic rings. The minimum Gasteiger partial charge on any atom is -0.446 e. The minimum absolute atomic E-state index is 0.0913. The highest BCUT2D eigenvalue weighted by Gasteiger charge is 2.25. The van der Waals surface area contributed by atoms with Crippen LogP contribution in [0.5, 0.6) is 0 Å². The zero-order valence-electron chi connectivity index (χ0n) is 11.4. The molecular formula is C12H21NO5S. The molecule has 0 radical (unpaired) electrons. The summed E-state index contributed by atoms with van der Waals surface area (Å²) in [6, 6.07) is 2.43. The third-order valence-corrected chi connectivity index (χ3v) is 4.03. The highest BCUT2D eigenvalue weighted by Crippen LogP contribution is 2.15. The van der Waals surface area contributed by atoms with Gasteiger partial charge >= 0.3 is 0 Å². The number of furan rings is 1. The normalized spacial score (nSPS) is 13.9. The standard InChI is InChI=1S/C12H21NO5S/c1-4-17-8-11(9(2)3)13-19(15,16)12-6-5-10(7-14)18-12/h5-6,9,11,13-14H,4,7-8H2,1-3H3. The van der Waals surface area contributed by atoms with Crippen LogP contribution < -0.4 is 4.72 Å². The van der Waals surface area contributed by atoms with Crippen LogP contribution >= 0.6 is 0 Å². The van der Waals surface area contributed by atoms with Crippen LogP contribution in [0, 0.1) is 5.92 Å². The summed E-state index contributed by atoms with van der Waals surface area (Å²) in [7, 11) is -3.73. The average Bonchev–Trinajstić information content (AvgIpc) is 2.83. The van der Waals surface area contributed by atoms with Gasteiger partial charge in [-0.15, -0.1) is 0 Å². The van der Waals surface area contributed by atoms with Crippen LogP contribution in [0.1, 0.15) is 26.5 Å². The van der Waals surface area contributed by atoms with Crippen LogP contribution in [0.2, 0.25) is 0 Å². The molecule has 6 nitrogen and oxygen atoms in total. The van der Waals surface area contributed by atoms with Crippen LogP contribution in [0.3, 0.4) is 0 Å². The lowest BCUT2D eigenvalue weighted by molar-refractivity contribution is 0.116. The van der Waals surface area contributed by atoms with Crippen molar-refractivity contribution >= 4 is 10.0 Å². The van der Waals surface area contributed by atoms with Crippen molar-refractivity contribution < 1.29 is 22.7 Å². The summed E-state index contributed by atoms with van der Waals surface area (Å²) in [6.45, 7) is 6.18. The van der Waals surface area contributed by atoms with E-state index in [4.69, 9.17) is 14.3 Å². The Balaban J connectivity index is 2.81. The van der Waals surface area contributed by atoms with Crippen molar-refractivity contribution in [3.05, 3.63) is 17.9 Å². The smallest absolute Gasteiger partial charge is 0.274 e. The highest BCUT2D eigenvalue weighted by molar-refractivity contribution is 7.89. The van der Waals surface area contributed by atoms with Gasteiger partial charge in [-0.3, -0.25) is 0 Å². The highest BCUT2D eigenvalue weighted by atomic mass is 32.2. The third-order valence-electron chi connectivity index (χ3n) is 2.67. The average molecular weight is 291 g/mol. The molecule has 1 aromatic rings. The van der Waals surface area contributed by atoms with Crippen molar-refractivity contribution in [2.45, 2.75) is 38.5 Å². The SMILES string of the molecule is CCOCC(NS(=O)(=O)c1ccc(CO)o1)C(C)C. The summed E-state index contributed by atoms with van der Waals surface area (Å²) < 4.78 is 37.1. The largest absolute Gasteiger partial charge is 0.446 e. The van der Waals surface area contributed by atoms with Gasteiger partial charge in [-0.2, -0.15) is 0 Å². The molecule has 0 bridgehead atoms. The Morgan fingerprint density at radius 2 is 2.11 bits per heavy atom. The van der Waals surface area contributed by atoms with Gasteiger partial charge in [-0.1, -0.05) is 13.8 Å². The Hall–Kier alpha value is -0.890. The molecule has 110 valence electrons. The maximum Gasteiger partial charge on any atom is 0.274 e. The molecule has 0 fully saturated rings. The van der Waals surface area contributed by atoms with Gasteiger partial charge in [0.25, 0.3) is 10.0 Å². The lowest BCUT2D eigenvalue weighted by Gasteiger charge is -2.21. The summed E-state index contributed by atoms with van der Waals surface area (Å²) in [5.41, 5.74) is 0. The Labute approximate surface area is 113 Å². The summed E-state index contributed by atoms with van der Waals surface area (Å²) >= 11 is 0. The molecule has 0 aliphatic heterocycles. The number of ether oxygens (including phenoxy) is 1. The van der Waals surface area contributed by atoms with Crippen LogP contribution in [-0.4, -0.2) is 32.8 Å². The first-order valence-electron chi connectivity index (χ1n) is 6.20. The van der Waals surface area contributed by atoms with Gasteiger partial charge in [0.2, 0.25) is 5.09 Å². The third kappa shape index (κ3) is 4.61. The molecule has 2 N–H and O–H groups in total. The number of aliphatic hydroxyl groups excluding tert-OH is 1. The summed E-state index contributed by atoms with van der Waals surface area (Å²) in [6.07, 6.45) is 0. The van der Waals surface area contributed by atoms with Crippen molar-refractivity contribution in [3.63, 3.8) is 0 Å². The molecule has 0 aliphatic carbocycles. The van der Waals surface area contributed by atoms with Crippen molar-refractivity contribution in [1.29, 1.82) is 0 Å². The first-order chi connectivity index (χ1) is 8.90. The van der Waals surface area contributed by atoms with Gasteiger partial charge in [0.05, 0.1) is 6.61 Å². The van der Waals surface area contributed by atoms with Gasteiger partial charge in [-0.25, -0.2) is 13.1 Å². The van der Waals surface area contributed by atoms with Gasteiger partial charge in [0.15, 0.2) is 0 Å². The molecule has 1 aromatic heterocycles. The van der Waals surface area contributed by atoms with Gasteiger partial charge in [0.1, 0.15) is 12.4 Å². The van der Waals surface area contributed by atoms with E-state index in [0.29, 0.717) is 13.2 Å². The second-order valence-electron chi connectivity index (χ2n) is 4.51. The number of rotatable bonds is 8. The molecule has 0 saturated carbocycles. The Morgan fingerprint density at radius 3 is 2.58 bits per heavy atom. The molecule has 19 heavy (non-hydrogen) atoms. The second-order valence-corrected chi connectivity index (χ2v) is 6.16. The number of hydrogen-bond donors (Lipinski definition) is 2. The second kappa shape index (κ2) is 7.04. The molecule has 0 spiro atoms. The van der Waals surface area contributed by atoms with Crippen LogP contribution in [0.15, 0.2) is 21.6 Å². The predicted molar refractivity (Wildman–Crippen MR) is 70.1 cm³/mol. The molecular weight excluding hydrogens is 270 g/mol. The Morgan fingerprint density at radius 1 is 1.42 bits per heavy atom. The Kier molecular flexibility index (Phi) is 5.99. The molecule has 1 atom stereocenters. The summed E-state index contributed by atoms with van der Waals surface area (Å²) in [5.74, 6) is 0.305. The van der Waals surface area contributed by atoms with Gasteiger partial charge < -0.3 is 14.3 Å². The number of nitrogens with one attached hydrogen (secondary N) is 1. The molecule has 0 amide bonds. The topological polar surface area (TPSA) is 88.8 Å². The van der Waals surface area contributed by atoms with E-state index in [0.717, 1.165) is 0 Å². The molecule has 0 saturated heterocycles. The molecule has 1 heterocycles. The lowest BCUT2D eigenvalue weighted by atomic mass is 10.1. The fourth-order valence-corrected chi connectivity index (χ4v) is 2.77. The maximum absolute atomic E-state index is 12.1. The van der Waals surface area contributed by atoms with Crippen LogP contribution in [0.25, 0.3) is 0 Å². The van der Waals surface area contributed by atoms with Crippen molar-refractivity contribution in [3.8, 4) is 0 Å². The molecule has 7 heteroatoms. The summed E-state index contributed by atoms with van der Waals surface area (Å²) in [4.78, 5) is 0. The van der Waals surface area contributed by atoms with Gasteiger partial charge in [0, 0.05) is 12.6 Å². The number of hydrogen-bond acceptors (Lipinski definition) is 5. The minimum atomic E-state index is -3.73. The van der Waals surface area contributed by atoms with Gasteiger partial charge in [-0.05, 0) is 25.0 Å². The quantitative estimate of drug-likeness (QED) is 0.749. The van der Waals surface area contributed by atoms with E-state index in [9.17, 15) is 8.42 Å². The lowest BCUT2D eigenvalue weighted by Crippen LogP contribution is -2.41. The van der Waals surface area contributed by atoms with Crippen LogP contribution in [-0.2, 0) is 21.4 Å². The zero-order chi connectivity index (χ0) is 14.5. The van der Waals surface area contributed by atoms with E-state index in [2.05, 4.69) is 4.72 Å². The first-order valence-corrected chi connectivity index (χ1v) is 7.68. The van der Waals surface area contributed by atoms with E-state index in [1.807, 2.05) is 20.8 Å². The Bertz CT molecular complexity index is 480. The first kappa shape index (κ1) is 16.2. The molecule has 1 rings (SSSR count). The van der Waals surface area contributed by atoms with Crippen molar-refractivity contribution in [1.82, 2.24) is 4.72 Å². The number of aliphatic hydroxyl groups is 1. The fraction of sp³-hybridized carbons (Fsp3) is 0.667. The van der Waals surface area contributed by atoms with E-state index in [1.165, 1.54) is 12.1 Å². The van der Waals surface area contributed by atoms with Crippen molar-refractivity contribution in [2.75, 3.05) is 13.2 Å². The van der Waals surface area contributed by atoms with E-state index < -0.39 is 10.0 Å². The zero-order valence-corrected chi connectivity index (χ0v) is 12.2. The fourth-order valence-electron chi connectivity index (χ4n) is 1.45. The van der Waals surface area contributed by atoms with Crippen LogP contribution in [0.4, 0.5) is 0 Å². The monoisotopic (exact) mass is 291 g/mol. The predicted octanol–water partition coefficient (Wildman–Crippen LogP) is 1.11. The molecule has 0 aromatic carbocycles. The van der Waals surface area contributed by atoms with E-state index in [1.54, 1.807) is 0 Å². The molecule has 1 unspecified atom stereocenters. The van der Waals surface area contributed by atoms with Crippen molar-refractivity contribution in [2.24, 2.45) is 5.92 Å². The van der Waals surface area contributed by atoms with E-state index in [-0.39, 0.29) is 29.4 Å². The summed E-state index contributed by atoms with van der Waals surface area (Å²) in [5, 5.41) is 8.68.